The number of hydrogen-bond donors (Lipinski definition) is 1. The first-order valence-electron chi connectivity index (χ1n) is 7.00. The van der Waals surface area contributed by atoms with Crippen molar-refractivity contribution in [3.8, 4) is 0 Å². The molecule has 0 saturated carbocycles. The zero-order valence-electron chi connectivity index (χ0n) is 11.5. The Kier molecular flexibility index (Phi) is 5.05. The SMILES string of the molecule is CCNC(c1ccc(C(F)(F)F)cc1)C1CCCOC1. The van der Waals surface area contributed by atoms with Gasteiger partial charge in [-0.3, -0.25) is 0 Å². The predicted octanol–water partition coefficient (Wildman–Crippen LogP) is 3.78. The molecule has 1 heterocycles. The molecule has 2 rings (SSSR count). The zero-order chi connectivity index (χ0) is 14.6. The van der Waals surface area contributed by atoms with E-state index < -0.39 is 11.7 Å². The summed E-state index contributed by atoms with van der Waals surface area (Å²) in [6.45, 7) is 4.23. The van der Waals surface area contributed by atoms with E-state index in [1.807, 2.05) is 6.92 Å². The van der Waals surface area contributed by atoms with E-state index >= 15 is 0 Å². The fourth-order valence-corrected chi connectivity index (χ4v) is 2.68. The van der Waals surface area contributed by atoms with Gasteiger partial charge in [-0.1, -0.05) is 19.1 Å². The molecule has 1 aromatic rings. The van der Waals surface area contributed by atoms with E-state index in [0.717, 1.165) is 43.7 Å². The van der Waals surface area contributed by atoms with Crippen LogP contribution in [0.25, 0.3) is 0 Å². The smallest absolute Gasteiger partial charge is 0.381 e. The molecule has 1 N–H and O–H groups in total. The van der Waals surface area contributed by atoms with E-state index in [0.29, 0.717) is 12.5 Å². The van der Waals surface area contributed by atoms with Crippen molar-refractivity contribution in [2.45, 2.75) is 32.0 Å². The van der Waals surface area contributed by atoms with Crippen LogP contribution in [0.5, 0.6) is 0 Å². The molecular weight excluding hydrogens is 267 g/mol. The summed E-state index contributed by atoms with van der Waals surface area (Å²) < 4.78 is 43.3. The minimum absolute atomic E-state index is 0.0579. The van der Waals surface area contributed by atoms with Crippen molar-refractivity contribution in [2.75, 3.05) is 19.8 Å². The van der Waals surface area contributed by atoms with Gasteiger partial charge in [0.1, 0.15) is 0 Å². The van der Waals surface area contributed by atoms with Crippen LogP contribution in [0.3, 0.4) is 0 Å². The number of benzene rings is 1. The van der Waals surface area contributed by atoms with Crippen LogP contribution < -0.4 is 5.32 Å². The molecule has 0 radical (unpaired) electrons. The van der Waals surface area contributed by atoms with Gasteiger partial charge in [-0.2, -0.15) is 13.2 Å². The first kappa shape index (κ1) is 15.3. The summed E-state index contributed by atoms with van der Waals surface area (Å²) in [6.07, 6.45) is -2.23. The first-order chi connectivity index (χ1) is 9.52. The van der Waals surface area contributed by atoms with Crippen molar-refractivity contribution in [1.29, 1.82) is 0 Å². The monoisotopic (exact) mass is 287 g/mol. The normalized spacial score (nSPS) is 21.7. The zero-order valence-corrected chi connectivity index (χ0v) is 11.5. The van der Waals surface area contributed by atoms with E-state index in [1.54, 1.807) is 12.1 Å². The third-order valence-corrected chi connectivity index (χ3v) is 3.69. The highest BCUT2D eigenvalue weighted by Gasteiger charge is 2.31. The molecule has 20 heavy (non-hydrogen) atoms. The molecule has 0 amide bonds. The third-order valence-electron chi connectivity index (χ3n) is 3.69. The van der Waals surface area contributed by atoms with Crippen molar-refractivity contribution in [1.82, 2.24) is 5.32 Å². The number of alkyl halides is 3. The maximum atomic E-state index is 12.6. The molecular formula is C15H20F3NO. The number of nitrogens with one attached hydrogen (secondary N) is 1. The van der Waals surface area contributed by atoms with Crippen LogP contribution in [-0.2, 0) is 10.9 Å². The van der Waals surface area contributed by atoms with Crippen LogP contribution in [-0.4, -0.2) is 19.8 Å². The molecule has 5 heteroatoms. The summed E-state index contributed by atoms with van der Waals surface area (Å²) >= 11 is 0. The number of ether oxygens (including phenoxy) is 1. The average Bonchev–Trinajstić information content (AvgIpc) is 2.45. The summed E-state index contributed by atoms with van der Waals surface area (Å²) in [7, 11) is 0. The molecule has 2 unspecified atom stereocenters. The number of halogens is 3. The van der Waals surface area contributed by atoms with Gasteiger partial charge >= 0.3 is 6.18 Å². The van der Waals surface area contributed by atoms with Crippen molar-refractivity contribution < 1.29 is 17.9 Å². The van der Waals surface area contributed by atoms with Crippen molar-refractivity contribution >= 4 is 0 Å². The third kappa shape index (κ3) is 3.73. The van der Waals surface area contributed by atoms with Crippen LogP contribution in [0.4, 0.5) is 13.2 Å². The number of hydrogen-bond acceptors (Lipinski definition) is 2. The molecule has 0 aliphatic carbocycles. The second-order valence-electron chi connectivity index (χ2n) is 5.13. The Labute approximate surface area is 117 Å². The highest BCUT2D eigenvalue weighted by Crippen LogP contribution is 2.32. The maximum Gasteiger partial charge on any atom is 0.416 e. The number of rotatable bonds is 4. The van der Waals surface area contributed by atoms with Gasteiger partial charge in [0.05, 0.1) is 12.2 Å². The molecule has 2 nitrogen and oxygen atoms in total. The molecule has 1 saturated heterocycles. The van der Waals surface area contributed by atoms with Gasteiger partial charge in [-0.25, -0.2) is 0 Å². The van der Waals surface area contributed by atoms with Crippen LogP contribution in [0.15, 0.2) is 24.3 Å². The van der Waals surface area contributed by atoms with Crippen LogP contribution in [0.2, 0.25) is 0 Å². The lowest BCUT2D eigenvalue weighted by atomic mass is 9.88. The van der Waals surface area contributed by atoms with Crippen molar-refractivity contribution in [3.05, 3.63) is 35.4 Å². The topological polar surface area (TPSA) is 21.3 Å². The Morgan fingerprint density at radius 1 is 1.30 bits per heavy atom. The van der Waals surface area contributed by atoms with E-state index in [2.05, 4.69) is 5.32 Å². The van der Waals surface area contributed by atoms with E-state index in [-0.39, 0.29) is 6.04 Å². The van der Waals surface area contributed by atoms with Crippen LogP contribution >= 0.6 is 0 Å². The lowest BCUT2D eigenvalue weighted by Crippen LogP contribution is -2.33. The fourth-order valence-electron chi connectivity index (χ4n) is 2.68. The lowest BCUT2D eigenvalue weighted by Gasteiger charge is -2.31. The van der Waals surface area contributed by atoms with E-state index in [1.165, 1.54) is 0 Å². The maximum absolute atomic E-state index is 12.6. The van der Waals surface area contributed by atoms with Gasteiger partial charge < -0.3 is 10.1 Å². The molecule has 0 spiro atoms. The van der Waals surface area contributed by atoms with Crippen molar-refractivity contribution in [2.24, 2.45) is 5.92 Å². The lowest BCUT2D eigenvalue weighted by molar-refractivity contribution is -0.137. The Balaban J connectivity index is 2.16. The molecule has 112 valence electrons. The van der Waals surface area contributed by atoms with Crippen LogP contribution in [0, 0.1) is 5.92 Å². The van der Waals surface area contributed by atoms with Gasteiger partial charge in [0.15, 0.2) is 0 Å². The Bertz CT molecular complexity index is 410. The predicted molar refractivity (Wildman–Crippen MR) is 71.4 cm³/mol. The quantitative estimate of drug-likeness (QED) is 0.910. The molecule has 2 atom stereocenters. The van der Waals surface area contributed by atoms with Gasteiger partial charge in [0, 0.05) is 18.6 Å². The second kappa shape index (κ2) is 6.59. The van der Waals surface area contributed by atoms with Gasteiger partial charge in [-0.15, -0.1) is 0 Å². The van der Waals surface area contributed by atoms with E-state index in [4.69, 9.17) is 4.74 Å². The minimum atomic E-state index is -4.28. The van der Waals surface area contributed by atoms with Crippen molar-refractivity contribution in [3.63, 3.8) is 0 Å². The summed E-state index contributed by atoms with van der Waals surface area (Å²) in [5, 5.41) is 3.37. The summed E-state index contributed by atoms with van der Waals surface area (Å²) in [5.74, 6) is 0.320. The minimum Gasteiger partial charge on any atom is -0.381 e. The Morgan fingerprint density at radius 2 is 2.00 bits per heavy atom. The Hall–Kier alpha value is -1.07. The fraction of sp³-hybridized carbons (Fsp3) is 0.600. The Morgan fingerprint density at radius 3 is 2.50 bits per heavy atom. The summed E-state index contributed by atoms with van der Waals surface area (Å²) in [4.78, 5) is 0. The molecule has 1 aromatic carbocycles. The molecule has 0 bridgehead atoms. The highest BCUT2D eigenvalue weighted by atomic mass is 19.4. The average molecular weight is 287 g/mol. The van der Waals surface area contributed by atoms with Crippen LogP contribution in [0.1, 0.15) is 36.9 Å². The standard InChI is InChI=1S/C15H20F3NO/c1-2-19-14(12-4-3-9-20-10-12)11-5-7-13(8-6-11)15(16,17)18/h5-8,12,14,19H,2-4,9-10H2,1H3. The largest absolute Gasteiger partial charge is 0.416 e. The second-order valence-corrected chi connectivity index (χ2v) is 5.13. The highest BCUT2D eigenvalue weighted by molar-refractivity contribution is 5.27. The van der Waals surface area contributed by atoms with Gasteiger partial charge in [0.2, 0.25) is 0 Å². The summed E-state index contributed by atoms with van der Waals surface area (Å²) in [6, 6.07) is 5.52. The molecule has 1 fully saturated rings. The molecule has 1 aliphatic heterocycles. The van der Waals surface area contributed by atoms with E-state index in [9.17, 15) is 13.2 Å². The summed E-state index contributed by atoms with van der Waals surface area (Å²) in [5.41, 5.74) is 0.298. The molecule has 1 aliphatic rings. The van der Waals surface area contributed by atoms with Gasteiger partial charge in [-0.05, 0) is 37.1 Å². The first-order valence-corrected chi connectivity index (χ1v) is 7.00. The van der Waals surface area contributed by atoms with Gasteiger partial charge in [0.25, 0.3) is 0 Å². The molecule has 0 aromatic heterocycles.